The summed E-state index contributed by atoms with van der Waals surface area (Å²) < 4.78 is 37.3. The third-order valence-electron chi connectivity index (χ3n) is 4.14. The number of hydrogen-bond acceptors (Lipinski definition) is 3. The minimum Gasteiger partial charge on any atom is -0.342 e. The summed E-state index contributed by atoms with van der Waals surface area (Å²) in [6, 6.07) is -0.214. The van der Waals surface area contributed by atoms with E-state index >= 15 is 0 Å². The SMILES string of the molecule is CCN(CC1CCN(C(=O)C(C)C(C)N)C1)CC(F)(F)F. The minimum atomic E-state index is -4.17. The summed E-state index contributed by atoms with van der Waals surface area (Å²) in [6.45, 7) is 6.31. The third kappa shape index (κ3) is 5.82. The molecule has 3 atom stereocenters. The Kier molecular flexibility index (Phi) is 6.46. The number of rotatable bonds is 6. The summed E-state index contributed by atoms with van der Waals surface area (Å²) in [5.41, 5.74) is 5.73. The Balaban J connectivity index is 2.48. The molecule has 1 rings (SSSR count). The van der Waals surface area contributed by atoms with E-state index in [1.807, 2.05) is 0 Å². The maximum absolute atomic E-state index is 12.4. The van der Waals surface area contributed by atoms with Crippen LogP contribution in [0.5, 0.6) is 0 Å². The fourth-order valence-electron chi connectivity index (χ4n) is 2.62. The standard InChI is InChI=1S/C14H26F3N3O/c1-4-19(9-14(15,16)17)7-12-5-6-20(8-12)13(21)10(2)11(3)18/h10-12H,4-9,18H2,1-3H3. The molecule has 0 aromatic carbocycles. The Morgan fingerprint density at radius 1 is 1.43 bits per heavy atom. The molecule has 124 valence electrons. The molecule has 0 spiro atoms. The Labute approximate surface area is 124 Å². The Hall–Kier alpha value is -0.820. The van der Waals surface area contributed by atoms with E-state index in [-0.39, 0.29) is 23.8 Å². The molecule has 1 amide bonds. The van der Waals surface area contributed by atoms with Gasteiger partial charge in [0.15, 0.2) is 0 Å². The minimum absolute atomic E-state index is 0.00590. The second kappa shape index (κ2) is 7.45. The molecule has 4 nitrogen and oxygen atoms in total. The van der Waals surface area contributed by atoms with Crippen LogP contribution in [-0.4, -0.2) is 60.6 Å². The van der Waals surface area contributed by atoms with Crippen molar-refractivity contribution >= 4 is 5.91 Å². The Morgan fingerprint density at radius 2 is 2.05 bits per heavy atom. The molecule has 2 N–H and O–H groups in total. The van der Waals surface area contributed by atoms with Crippen molar-refractivity contribution in [1.82, 2.24) is 9.80 Å². The van der Waals surface area contributed by atoms with E-state index in [1.165, 1.54) is 4.90 Å². The average molecular weight is 309 g/mol. The molecule has 3 unspecified atom stereocenters. The van der Waals surface area contributed by atoms with Gasteiger partial charge in [-0.05, 0) is 25.8 Å². The molecule has 0 bridgehead atoms. The second-order valence-corrected chi connectivity index (χ2v) is 6.03. The van der Waals surface area contributed by atoms with E-state index in [1.54, 1.807) is 25.7 Å². The van der Waals surface area contributed by atoms with Crippen molar-refractivity contribution in [2.45, 2.75) is 39.4 Å². The van der Waals surface area contributed by atoms with Crippen molar-refractivity contribution < 1.29 is 18.0 Å². The molecule has 1 aliphatic heterocycles. The van der Waals surface area contributed by atoms with Crippen molar-refractivity contribution in [3.8, 4) is 0 Å². The topological polar surface area (TPSA) is 49.6 Å². The lowest BCUT2D eigenvalue weighted by atomic mass is 10.0. The lowest BCUT2D eigenvalue weighted by Crippen LogP contribution is -2.42. The second-order valence-electron chi connectivity index (χ2n) is 6.03. The van der Waals surface area contributed by atoms with Crippen LogP contribution in [0.15, 0.2) is 0 Å². The van der Waals surface area contributed by atoms with Crippen molar-refractivity contribution in [1.29, 1.82) is 0 Å². The summed E-state index contributed by atoms with van der Waals surface area (Å²) in [4.78, 5) is 15.3. The molecule has 0 aromatic heterocycles. The predicted octanol–water partition coefficient (Wildman–Crippen LogP) is 1.70. The quantitative estimate of drug-likeness (QED) is 0.812. The Morgan fingerprint density at radius 3 is 2.52 bits per heavy atom. The number of carbonyl (C=O) groups is 1. The number of halogens is 3. The van der Waals surface area contributed by atoms with Gasteiger partial charge < -0.3 is 10.6 Å². The van der Waals surface area contributed by atoms with Crippen molar-refractivity contribution in [2.75, 3.05) is 32.7 Å². The van der Waals surface area contributed by atoms with Gasteiger partial charge in [-0.3, -0.25) is 9.69 Å². The number of nitrogens with zero attached hydrogens (tertiary/aromatic N) is 2. The van der Waals surface area contributed by atoms with Crippen LogP contribution in [0.3, 0.4) is 0 Å². The van der Waals surface area contributed by atoms with Gasteiger partial charge in [-0.2, -0.15) is 13.2 Å². The summed E-state index contributed by atoms with van der Waals surface area (Å²) in [6.07, 6.45) is -3.42. The van der Waals surface area contributed by atoms with Gasteiger partial charge in [0.2, 0.25) is 5.91 Å². The first-order valence-corrected chi connectivity index (χ1v) is 7.47. The highest BCUT2D eigenvalue weighted by Gasteiger charge is 2.34. The smallest absolute Gasteiger partial charge is 0.342 e. The molecule has 21 heavy (non-hydrogen) atoms. The lowest BCUT2D eigenvalue weighted by Gasteiger charge is -2.26. The van der Waals surface area contributed by atoms with Gasteiger partial charge in [-0.1, -0.05) is 13.8 Å². The number of likely N-dealkylation sites (tertiary alicyclic amines) is 1. The normalized spacial score (nSPS) is 22.7. The van der Waals surface area contributed by atoms with Gasteiger partial charge in [-0.25, -0.2) is 0 Å². The fraction of sp³-hybridized carbons (Fsp3) is 0.929. The first kappa shape index (κ1) is 18.2. The van der Waals surface area contributed by atoms with Crippen LogP contribution in [0.4, 0.5) is 13.2 Å². The van der Waals surface area contributed by atoms with Crippen LogP contribution < -0.4 is 5.73 Å². The molecule has 7 heteroatoms. The summed E-state index contributed by atoms with van der Waals surface area (Å²) in [5, 5.41) is 0. The molecule has 1 aliphatic rings. The monoisotopic (exact) mass is 309 g/mol. The maximum atomic E-state index is 12.4. The van der Waals surface area contributed by atoms with Gasteiger partial charge >= 0.3 is 6.18 Å². The van der Waals surface area contributed by atoms with Crippen LogP contribution in [0, 0.1) is 11.8 Å². The van der Waals surface area contributed by atoms with Crippen LogP contribution in [-0.2, 0) is 4.79 Å². The molecule has 0 saturated carbocycles. The molecule has 1 fully saturated rings. The number of alkyl halides is 3. The largest absolute Gasteiger partial charge is 0.401 e. The molecule has 0 aromatic rings. The van der Waals surface area contributed by atoms with E-state index in [2.05, 4.69) is 0 Å². The molecular formula is C14H26F3N3O. The molecule has 1 saturated heterocycles. The summed E-state index contributed by atoms with van der Waals surface area (Å²) >= 11 is 0. The number of amides is 1. The van der Waals surface area contributed by atoms with E-state index in [9.17, 15) is 18.0 Å². The van der Waals surface area contributed by atoms with Crippen LogP contribution in [0.25, 0.3) is 0 Å². The lowest BCUT2D eigenvalue weighted by molar-refractivity contribution is -0.147. The molecule has 0 radical (unpaired) electrons. The summed E-state index contributed by atoms with van der Waals surface area (Å²) in [7, 11) is 0. The van der Waals surface area contributed by atoms with E-state index < -0.39 is 12.7 Å². The van der Waals surface area contributed by atoms with Crippen molar-refractivity contribution in [3.05, 3.63) is 0 Å². The Bertz CT molecular complexity index is 347. The zero-order valence-corrected chi connectivity index (χ0v) is 13.0. The zero-order chi connectivity index (χ0) is 16.2. The van der Waals surface area contributed by atoms with Gasteiger partial charge in [-0.15, -0.1) is 0 Å². The highest BCUT2D eigenvalue weighted by atomic mass is 19.4. The maximum Gasteiger partial charge on any atom is 0.401 e. The average Bonchev–Trinajstić information content (AvgIpc) is 2.82. The van der Waals surface area contributed by atoms with E-state index in [0.717, 1.165) is 6.42 Å². The first-order valence-electron chi connectivity index (χ1n) is 7.47. The van der Waals surface area contributed by atoms with E-state index in [4.69, 9.17) is 5.73 Å². The number of hydrogen-bond donors (Lipinski definition) is 1. The number of nitrogens with two attached hydrogens (primary N) is 1. The van der Waals surface area contributed by atoms with Gasteiger partial charge in [0.25, 0.3) is 0 Å². The number of carbonyl (C=O) groups excluding carboxylic acids is 1. The van der Waals surface area contributed by atoms with Crippen LogP contribution in [0.2, 0.25) is 0 Å². The van der Waals surface area contributed by atoms with Gasteiger partial charge in [0.1, 0.15) is 0 Å². The van der Waals surface area contributed by atoms with E-state index in [0.29, 0.717) is 26.2 Å². The predicted molar refractivity (Wildman–Crippen MR) is 75.7 cm³/mol. The highest BCUT2D eigenvalue weighted by molar-refractivity contribution is 5.79. The van der Waals surface area contributed by atoms with Gasteiger partial charge in [0, 0.05) is 25.7 Å². The van der Waals surface area contributed by atoms with Crippen LogP contribution >= 0.6 is 0 Å². The van der Waals surface area contributed by atoms with Crippen LogP contribution in [0.1, 0.15) is 27.2 Å². The van der Waals surface area contributed by atoms with Crippen molar-refractivity contribution in [2.24, 2.45) is 17.6 Å². The highest BCUT2D eigenvalue weighted by Crippen LogP contribution is 2.22. The molecular weight excluding hydrogens is 283 g/mol. The molecule has 1 heterocycles. The fourth-order valence-corrected chi connectivity index (χ4v) is 2.62. The molecule has 0 aliphatic carbocycles. The summed E-state index contributed by atoms with van der Waals surface area (Å²) in [5.74, 6) is -0.135. The van der Waals surface area contributed by atoms with Crippen molar-refractivity contribution in [3.63, 3.8) is 0 Å². The zero-order valence-electron chi connectivity index (χ0n) is 13.0. The first-order chi connectivity index (χ1) is 9.64. The third-order valence-corrected chi connectivity index (χ3v) is 4.14. The van der Waals surface area contributed by atoms with Gasteiger partial charge in [0.05, 0.1) is 12.5 Å².